The molecule has 1 atom stereocenters. The highest BCUT2D eigenvalue weighted by Crippen LogP contribution is 2.16. The molecule has 0 fully saturated rings. The van der Waals surface area contributed by atoms with Crippen LogP contribution in [-0.2, 0) is 6.42 Å². The van der Waals surface area contributed by atoms with Crippen molar-refractivity contribution in [3.8, 4) is 0 Å². The summed E-state index contributed by atoms with van der Waals surface area (Å²) in [6, 6.07) is -0.0155. The van der Waals surface area contributed by atoms with E-state index in [2.05, 4.69) is 23.8 Å². The minimum absolute atomic E-state index is 0.0155. The van der Waals surface area contributed by atoms with E-state index in [1.54, 1.807) is 0 Å². The largest absolute Gasteiger partial charge is 0.321 e. The molecule has 0 spiro atoms. The Morgan fingerprint density at radius 2 is 1.67 bits per heavy atom. The summed E-state index contributed by atoms with van der Waals surface area (Å²) in [6.45, 7) is 8.33. The zero-order chi connectivity index (χ0) is 11.4. The van der Waals surface area contributed by atoms with Crippen LogP contribution >= 0.6 is 0 Å². The van der Waals surface area contributed by atoms with E-state index in [-0.39, 0.29) is 6.04 Å². The van der Waals surface area contributed by atoms with Gasteiger partial charge in [-0.1, -0.05) is 20.3 Å². The van der Waals surface area contributed by atoms with Crippen LogP contribution in [0.2, 0.25) is 0 Å². The van der Waals surface area contributed by atoms with Gasteiger partial charge in [-0.15, -0.1) is 0 Å². The molecule has 0 amide bonds. The van der Waals surface area contributed by atoms with Gasteiger partial charge in [-0.25, -0.2) is 9.97 Å². The highest BCUT2D eigenvalue weighted by atomic mass is 14.9. The van der Waals surface area contributed by atoms with E-state index in [1.807, 2.05) is 13.8 Å². The Kier molecular flexibility index (Phi) is 4.21. The second-order valence-electron chi connectivity index (χ2n) is 3.98. The quantitative estimate of drug-likeness (QED) is 0.825. The van der Waals surface area contributed by atoms with Crippen molar-refractivity contribution in [2.24, 2.45) is 5.73 Å². The zero-order valence-electron chi connectivity index (χ0n) is 10.2. The van der Waals surface area contributed by atoms with Crippen LogP contribution in [-0.4, -0.2) is 9.97 Å². The predicted octanol–water partition coefficient (Wildman–Crippen LogP) is 2.46. The van der Waals surface area contributed by atoms with Gasteiger partial charge in [0, 0.05) is 11.4 Å². The van der Waals surface area contributed by atoms with Gasteiger partial charge in [-0.3, -0.25) is 0 Å². The third kappa shape index (κ3) is 2.75. The van der Waals surface area contributed by atoms with Crippen LogP contribution < -0.4 is 5.73 Å². The minimum atomic E-state index is -0.0155. The third-order valence-corrected chi connectivity index (χ3v) is 2.72. The molecule has 0 aliphatic heterocycles. The van der Waals surface area contributed by atoms with Crippen LogP contribution in [0.25, 0.3) is 0 Å². The SMILES string of the molecule is CCCC(N)c1nc(C)c(CC)c(C)n1. The Morgan fingerprint density at radius 1 is 1.13 bits per heavy atom. The van der Waals surface area contributed by atoms with Crippen LogP contribution in [0.3, 0.4) is 0 Å². The maximum atomic E-state index is 6.01. The molecule has 0 bridgehead atoms. The lowest BCUT2D eigenvalue weighted by molar-refractivity contribution is 0.595. The molecule has 0 saturated heterocycles. The van der Waals surface area contributed by atoms with Crippen LogP contribution in [0.4, 0.5) is 0 Å². The fraction of sp³-hybridized carbons (Fsp3) is 0.667. The summed E-state index contributed by atoms with van der Waals surface area (Å²) in [4.78, 5) is 8.97. The number of aromatic nitrogens is 2. The highest BCUT2D eigenvalue weighted by molar-refractivity contribution is 5.24. The Labute approximate surface area is 92.1 Å². The standard InChI is InChI=1S/C12H21N3/c1-5-7-11(13)12-14-8(3)10(6-2)9(4)15-12/h11H,5-7,13H2,1-4H3. The van der Waals surface area contributed by atoms with Gasteiger partial charge in [0.15, 0.2) is 0 Å². The van der Waals surface area contributed by atoms with E-state index in [0.717, 1.165) is 36.5 Å². The first kappa shape index (κ1) is 12.1. The molecule has 1 aromatic heterocycles. The van der Waals surface area contributed by atoms with E-state index in [0.29, 0.717) is 0 Å². The van der Waals surface area contributed by atoms with Gasteiger partial charge in [0.05, 0.1) is 6.04 Å². The molecule has 0 aliphatic carbocycles. The van der Waals surface area contributed by atoms with Gasteiger partial charge in [0.1, 0.15) is 5.82 Å². The molecule has 1 aromatic rings. The minimum Gasteiger partial charge on any atom is -0.321 e. The Hall–Kier alpha value is -0.960. The molecule has 3 heteroatoms. The van der Waals surface area contributed by atoms with Crippen molar-refractivity contribution in [2.75, 3.05) is 0 Å². The second kappa shape index (κ2) is 5.21. The molecular weight excluding hydrogens is 186 g/mol. The van der Waals surface area contributed by atoms with E-state index in [4.69, 9.17) is 5.73 Å². The second-order valence-corrected chi connectivity index (χ2v) is 3.98. The molecule has 84 valence electrons. The number of rotatable bonds is 4. The first-order valence-electron chi connectivity index (χ1n) is 5.69. The van der Waals surface area contributed by atoms with Crippen molar-refractivity contribution >= 4 is 0 Å². The first-order chi connectivity index (χ1) is 7.10. The lowest BCUT2D eigenvalue weighted by Crippen LogP contribution is -2.16. The van der Waals surface area contributed by atoms with Gasteiger partial charge in [-0.2, -0.15) is 0 Å². The molecule has 0 radical (unpaired) electrons. The van der Waals surface area contributed by atoms with Crippen molar-refractivity contribution in [1.82, 2.24) is 9.97 Å². The van der Waals surface area contributed by atoms with Gasteiger partial charge in [0.2, 0.25) is 0 Å². The number of nitrogens with two attached hydrogens (primary N) is 1. The molecule has 0 aliphatic rings. The smallest absolute Gasteiger partial charge is 0.145 e. The molecule has 1 heterocycles. The molecule has 0 aromatic carbocycles. The number of hydrogen-bond donors (Lipinski definition) is 1. The summed E-state index contributed by atoms with van der Waals surface area (Å²) >= 11 is 0. The summed E-state index contributed by atoms with van der Waals surface area (Å²) in [5.74, 6) is 0.795. The number of nitrogens with zero attached hydrogens (tertiary/aromatic N) is 2. The summed E-state index contributed by atoms with van der Waals surface area (Å²) in [7, 11) is 0. The molecule has 15 heavy (non-hydrogen) atoms. The van der Waals surface area contributed by atoms with E-state index in [9.17, 15) is 0 Å². The van der Waals surface area contributed by atoms with Gasteiger partial charge in [-0.05, 0) is 32.3 Å². The third-order valence-electron chi connectivity index (χ3n) is 2.72. The van der Waals surface area contributed by atoms with E-state index < -0.39 is 0 Å². The predicted molar refractivity (Wildman–Crippen MR) is 62.7 cm³/mol. The monoisotopic (exact) mass is 207 g/mol. The average molecular weight is 207 g/mol. The summed E-state index contributed by atoms with van der Waals surface area (Å²) in [5, 5.41) is 0. The molecule has 1 rings (SSSR count). The number of aryl methyl sites for hydroxylation is 2. The van der Waals surface area contributed by atoms with Gasteiger partial charge in [0.25, 0.3) is 0 Å². The topological polar surface area (TPSA) is 51.8 Å². The highest BCUT2D eigenvalue weighted by Gasteiger charge is 2.12. The fourth-order valence-electron chi connectivity index (χ4n) is 1.88. The zero-order valence-corrected chi connectivity index (χ0v) is 10.2. The van der Waals surface area contributed by atoms with E-state index >= 15 is 0 Å². The fourth-order valence-corrected chi connectivity index (χ4v) is 1.88. The van der Waals surface area contributed by atoms with Crippen molar-refractivity contribution in [3.63, 3.8) is 0 Å². The Balaban J connectivity index is 3.02. The van der Waals surface area contributed by atoms with Gasteiger partial charge >= 0.3 is 0 Å². The van der Waals surface area contributed by atoms with Crippen molar-refractivity contribution in [1.29, 1.82) is 0 Å². The van der Waals surface area contributed by atoms with E-state index in [1.165, 1.54) is 5.56 Å². The van der Waals surface area contributed by atoms with Crippen molar-refractivity contribution in [3.05, 3.63) is 22.8 Å². The van der Waals surface area contributed by atoms with Crippen LogP contribution in [0.15, 0.2) is 0 Å². The molecule has 1 unspecified atom stereocenters. The van der Waals surface area contributed by atoms with Crippen molar-refractivity contribution in [2.45, 2.75) is 53.0 Å². The van der Waals surface area contributed by atoms with Crippen LogP contribution in [0.5, 0.6) is 0 Å². The summed E-state index contributed by atoms with van der Waals surface area (Å²) in [5.41, 5.74) is 9.41. The van der Waals surface area contributed by atoms with Gasteiger partial charge < -0.3 is 5.73 Å². The first-order valence-corrected chi connectivity index (χ1v) is 5.69. The maximum Gasteiger partial charge on any atom is 0.145 e. The molecular formula is C12H21N3. The maximum absolute atomic E-state index is 6.01. The lowest BCUT2D eigenvalue weighted by Gasteiger charge is -2.13. The van der Waals surface area contributed by atoms with Crippen LogP contribution in [0, 0.1) is 13.8 Å². The average Bonchev–Trinajstić information content (AvgIpc) is 2.17. The molecule has 2 N–H and O–H groups in total. The summed E-state index contributed by atoms with van der Waals surface area (Å²) in [6.07, 6.45) is 3.00. The van der Waals surface area contributed by atoms with Crippen molar-refractivity contribution < 1.29 is 0 Å². The molecule has 3 nitrogen and oxygen atoms in total. The Morgan fingerprint density at radius 3 is 2.07 bits per heavy atom. The lowest BCUT2D eigenvalue weighted by atomic mass is 10.1. The normalized spacial score (nSPS) is 12.9. The molecule has 0 saturated carbocycles. The van der Waals surface area contributed by atoms with Crippen LogP contribution in [0.1, 0.15) is 55.5 Å². The Bertz CT molecular complexity index is 311. The number of hydrogen-bond acceptors (Lipinski definition) is 3. The summed E-state index contributed by atoms with van der Waals surface area (Å²) < 4.78 is 0.